The number of carbonyl (C=O) groups excluding carboxylic acids is 2. The molecule has 0 saturated heterocycles. The Morgan fingerprint density at radius 3 is 2.16 bits per heavy atom. The van der Waals surface area contributed by atoms with Crippen molar-refractivity contribution in [2.45, 2.75) is 59.4 Å². The standard InChI is InChI=1S/C22H32N4O4S2/c1-9-32(29,30)25-15(2)22(16-13-11-10-12-14-16)26(18(28)21(6,7)8)24-19(31-22)23-17(27)20(3,4)5/h9-15,25H,1H2,2-8H3,(H,23,24,27). The van der Waals surface area contributed by atoms with Gasteiger partial charge in [-0.15, -0.1) is 5.10 Å². The molecule has 1 aromatic rings. The van der Waals surface area contributed by atoms with Gasteiger partial charge in [0.2, 0.25) is 21.8 Å². The van der Waals surface area contributed by atoms with Gasteiger partial charge in [-0.05, 0) is 24.2 Å². The topological polar surface area (TPSA) is 108 Å². The van der Waals surface area contributed by atoms with E-state index in [0.29, 0.717) is 5.56 Å². The number of amidine groups is 1. The van der Waals surface area contributed by atoms with Gasteiger partial charge in [-0.2, -0.15) is 0 Å². The molecule has 1 aliphatic heterocycles. The van der Waals surface area contributed by atoms with E-state index in [2.05, 4.69) is 21.7 Å². The van der Waals surface area contributed by atoms with Crippen molar-refractivity contribution in [2.24, 2.45) is 15.9 Å². The highest BCUT2D eigenvalue weighted by Gasteiger charge is 2.55. The van der Waals surface area contributed by atoms with Crippen LogP contribution in [0.1, 0.15) is 54.0 Å². The van der Waals surface area contributed by atoms with Crippen molar-refractivity contribution >= 4 is 38.8 Å². The van der Waals surface area contributed by atoms with E-state index < -0.39 is 31.8 Å². The van der Waals surface area contributed by atoms with Crippen LogP contribution in [0.5, 0.6) is 0 Å². The fraction of sp³-hybridized carbons (Fsp3) is 0.500. The molecule has 0 fully saturated rings. The summed E-state index contributed by atoms with van der Waals surface area (Å²) >= 11 is 1.13. The molecular formula is C22H32N4O4S2. The maximum atomic E-state index is 13.5. The normalized spacial score (nSPS) is 20.5. The Balaban J connectivity index is 2.69. The van der Waals surface area contributed by atoms with Crippen LogP contribution >= 0.6 is 11.8 Å². The lowest BCUT2D eigenvalue weighted by molar-refractivity contribution is -0.143. The summed E-state index contributed by atoms with van der Waals surface area (Å²) < 4.78 is 27.3. The van der Waals surface area contributed by atoms with Crippen molar-refractivity contribution in [1.82, 2.24) is 15.0 Å². The van der Waals surface area contributed by atoms with Gasteiger partial charge in [0.05, 0.1) is 6.04 Å². The zero-order chi connectivity index (χ0) is 24.5. The average Bonchev–Trinajstić information content (AvgIpc) is 3.06. The summed E-state index contributed by atoms with van der Waals surface area (Å²) in [5.41, 5.74) is -0.841. The van der Waals surface area contributed by atoms with E-state index in [9.17, 15) is 18.0 Å². The predicted molar refractivity (Wildman–Crippen MR) is 129 cm³/mol. The number of carbonyl (C=O) groups is 2. The summed E-state index contributed by atoms with van der Waals surface area (Å²) in [7, 11) is -3.83. The van der Waals surface area contributed by atoms with E-state index in [4.69, 9.17) is 0 Å². The van der Waals surface area contributed by atoms with Crippen LogP contribution in [0.15, 0.2) is 47.4 Å². The zero-order valence-electron chi connectivity index (χ0n) is 19.6. The fourth-order valence-corrected chi connectivity index (χ4v) is 5.07. The number of hydrogen-bond acceptors (Lipinski definition) is 6. The predicted octanol–water partition coefficient (Wildman–Crippen LogP) is 3.35. The first kappa shape index (κ1) is 26.1. The number of nitrogens with one attached hydrogen (secondary N) is 2. The van der Waals surface area contributed by atoms with Crippen LogP contribution in [-0.4, -0.2) is 36.5 Å². The molecule has 2 N–H and O–H groups in total. The van der Waals surface area contributed by atoms with Gasteiger partial charge in [-0.25, -0.2) is 18.1 Å². The third kappa shape index (κ3) is 5.41. The highest BCUT2D eigenvalue weighted by atomic mass is 32.2. The maximum absolute atomic E-state index is 13.5. The van der Waals surface area contributed by atoms with E-state index in [-0.39, 0.29) is 17.0 Å². The molecule has 0 radical (unpaired) electrons. The lowest BCUT2D eigenvalue weighted by Gasteiger charge is -2.42. The van der Waals surface area contributed by atoms with Crippen molar-refractivity contribution in [1.29, 1.82) is 0 Å². The van der Waals surface area contributed by atoms with Crippen molar-refractivity contribution in [2.75, 3.05) is 0 Å². The number of thioether (sulfide) groups is 1. The van der Waals surface area contributed by atoms with Gasteiger partial charge >= 0.3 is 0 Å². The number of amides is 2. The first-order valence-electron chi connectivity index (χ1n) is 10.2. The minimum Gasteiger partial charge on any atom is -0.303 e. The number of benzene rings is 1. The Bertz CT molecular complexity index is 1020. The van der Waals surface area contributed by atoms with Crippen molar-refractivity contribution in [3.05, 3.63) is 47.9 Å². The van der Waals surface area contributed by atoms with Crippen molar-refractivity contribution in [3.63, 3.8) is 0 Å². The number of rotatable bonds is 5. The summed E-state index contributed by atoms with van der Waals surface area (Å²) in [5.74, 6) is -0.589. The van der Waals surface area contributed by atoms with Crippen molar-refractivity contribution < 1.29 is 18.0 Å². The van der Waals surface area contributed by atoms with Gasteiger partial charge in [0.25, 0.3) is 0 Å². The van der Waals surface area contributed by atoms with Gasteiger partial charge < -0.3 is 5.32 Å². The molecule has 2 rings (SSSR count). The molecule has 0 aromatic heterocycles. The van der Waals surface area contributed by atoms with Crippen LogP contribution in [0, 0.1) is 10.8 Å². The number of hydrazone groups is 1. The van der Waals surface area contributed by atoms with Gasteiger partial charge in [0.1, 0.15) is 0 Å². The van der Waals surface area contributed by atoms with E-state index >= 15 is 0 Å². The lowest BCUT2D eigenvalue weighted by atomic mass is 9.92. The molecule has 0 spiro atoms. The van der Waals surface area contributed by atoms with E-state index in [1.54, 1.807) is 72.7 Å². The molecule has 8 nitrogen and oxygen atoms in total. The Labute approximate surface area is 195 Å². The van der Waals surface area contributed by atoms with Crippen LogP contribution in [0.2, 0.25) is 0 Å². The molecule has 2 unspecified atom stereocenters. The summed E-state index contributed by atoms with van der Waals surface area (Å²) in [6.07, 6.45) is 0. The second-order valence-corrected chi connectivity index (χ2v) is 12.6. The molecule has 10 heteroatoms. The third-order valence-corrected chi connectivity index (χ3v) is 7.40. The van der Waals surface area contributed by atoms with E-state index in [0.717, 1.165) is 17.2 Å². The first-order chi connectivity index (χ1) is 14.5. The molecule has 1 aliphatic rings. The second kappa shape index (κ2) is 8.99. The highest BCUT2D eigenvalue weighted by Crippen LogP contribution is 2.49. The Kier molecular flexibility index (Phi) is 7.33. The van der Waals surface area contributed by atoms with Crippen LogP contribution in [0.3, 0.4) is 0 Å². The molecule has 32 heavy (non-hydrogen) atoms. The third-order valence-electron chi connectivity index (χ3n) is 4.83. The minimum absolute atomic E-state index is 0.219. The Hall–Kier alpha value is -2.17. The second-order valence-electron chi connectivity index (χ2n) is 9.69. The van der Waals surface area contributed by atoms with Crippen LogP contribution in [0.25, 0.3) is 0 Å². The molecule has 0 bridgehead atoms. The van der Waals surface area contributed by atoms with E-state index in [1.807, 2.05) is 6.07 Å². The SMILES string of the molecule is C=CS(=O)(=O)NC(C)C1(c2ccccc2)SC(NC(=O)C(C)(C)C)=NN1C(=O)C(C)(C)C. The number of sulfonamides is 1. The largest absolute Gasteiger partial charge is 0.303 e. The maximum Gasteiger partial charge on any atom is 0.249 e. The molecule has 1 aromatic carbocycles. The minimum atomic E-state index is -3.83. The van der Waals surface area contributed by atoms with Crippen LogP contribution in [0.4, 0.5) is 0 Å². The van der Waals surface area contributed by atoms with Gasteiger partial charge in [0.15, 0.2) is 10.0 Å². The van der Waals surface area contributed by atoms with Crippen molar-refractivity contribution in [3.8, 4) is 0 Å². The quantitative estimate of drug-likeness (QED) is 0.672. The average molecular weight is 481 g/mol. The molecule has 176 valence electrons. The molecule has 0 aliphatic carbocycles. The Morgan fingerprint density at radius 1 is 1.12 bits per heavy atom. The summed E-state index contributed by atoms with van der Waals surface area (Å²) in [6.45, 7) is 15.6. The molecule has 0 saturated carbocycles. The summed E-state index contributed by atoms with van der Waals surface area (Å²) in [6, 6.07) is 8.22. The van der Waals surface area contributed by atoms with Gasteiger partial charge in [0, 0.05) is 16.2 Å². The van der Waals surface area contributed by atoms with Gasteiger partial charge in [-0.3, -0.25) is 9.59 Å². The first-order valence-corrected chi connectivity index (χ1v) is 12.5. The Morgan fingerprint density at radius 2 is 1.69 bits per heavy atom. The molecular weight excluding hydrogens is 448 g/mol. The molecule has 2 amide bonds. The monoisotopic (exact) mass is 480 g/mol. The number of nitrogens with zero attached hydrogens (tertiary/aromatic N) is 2. The smallest absolute Gasteiger partial charge is 0.249 e. The van der Waals surface area contributed by atoms with Gasteiger partial charge in [-0.1, -0.05) is 78.5 Å². The summed E-state index contributed by atoms with van der Waals surface area (Å²) in [4.78, 5) is 24.9. The van der Waals surface area contributed by atoms with Crippen LogP contribution < -0.4 is 10.0 Å². The van der Waals surface area contributed by atoms with E-state index in [1.165, 1.54) is 5.01 Å². The number of hydrogen-bond donors (Lipinski definition) is 2. The fourth-order valence-electron chi connectivity index (χ4n) is 2.98. The zero-order valence-corrected chi connectivity index (χ0v) is 21.2. The molecule has 2 atom stereocenters. The lowest BCUT2D eigenvalue weighted by Crippen LogP contribution is -2.56. The molecule has 1 heterocycles. The van der Waals surface area contributed by atoms with Crippen LogP contribution in [-0.2, 0) is 24.5 Å². The summed E-state index contributed by atoms with van der Waals surface area (Å²) in [5, 5.41) is 9.61. The highest BCUT2D eigenvalue weighted by molar-refractivity contribution is 8.15.